The molecule has 1 spiro atoms. The lowest BCUT2D eigenvalue weighted by molar-refractivity contribution is -0.169. The number of amides is 1. The SMILES string of the molecule is CC(=O)c1ccc(NC(=O)c2cnc(N3CCC4(CC3)OCCO4)nc2)cc1. The first-order valence-electron chi connectivity index (χ1n) is 9.32. The summed E-state index contributed by atoms with van der Waals surface area (Å²) in [6, 6.07) is 6.75. The number of nitrogens with zero attached hydrogens (tertiary/aromatic N) is 3. The standard InChI is InChI=1S/C20H22N4O4/c1-14(25)15-2-4-17(5-3-15)23-18(26)16-12-21-19(22-13-16)24-8-6-20(7-9-24)27-10-11-28-20/h2-5,12-13H,6-11H2,1H3,(H,23,26). The van der Waals surface area contributed by atoms with Crippen molar-refractivity contribution >= 4 is 23.3 Å². The lowest BCUT2D eigenvalue weighted by atomic mass is 10.0. The van der Waals surface area contributed by atoms with Gasteiger partial charge in [0, 0.05) is 49.6 Å². The monoisotopic (exact) mass is 382 g/mol. The van der Waals surface area contributed by atoms with Crippen molar-refractivity contribution in [3.63, 3.8) is 0 Å². The minimum absolute atomic E-state index is 0.0171. The van der Waals surface area contributed by atoms with Gasteiger partial charge in [0.2, 0.25) is 5.95 Å². The molecule has 2 aromatic rings. The first kappa shape index (κ1) is 18.5. The molecule has 2 aliphatic rings. The van der Waals surface area contributed by atoms with E-state index in [2.05, 4.69) is 20.2 Å². The van der Waals surface area contributed by atoms with Crippen molar-refractivity contribution < 1.29 is 19.1 Å². The highest BCUT2D eigenvalue weighted by atomic mass is 16.7. The second-order valence-electron chi connectivity index (χ2n) is 6.95. The van der Waals surface area contributed by atoms with Crippen molar-refractivity contribution in [3.8, 4) is 0 Å². The number of Topliss-reactive ketones (excluding diaryl/α,β-unsaturated/α-hetero) is 1. The number of anilines is 2. The molecule has 146 valence electrons. The van der Waals surface area contributed by atoms with Crippen molar-refractivity contribution in [2.24, 2.45) is 0 Å². The summed E-state index contributed by atoms with van der Waals surface area (Å²) < 4.78 is 11.5. The minimum atomic E-state index is -0.436. The Kier molecular flexibility index (Phi) is 5.06. The zero-order valence-electron chi connectivity index (χ0n) is 15.7. The number of carbonyl (C=O) groups is 2. The van der Waals surface area contributed by atoms with Crippen LogP contribution in [-0.4, -0.2) is 53.7 Å². The van der Waals surface area contributed by atoms with Crippen molar-refractivity contribution in [1.82, 2.24) is 9.97 Å². The maximum Gasteiger partial charge on any atom is 0.258 e. The average Bonchev–Trinajstić information content (AvgIpc) is 3.17. The molecular weight excluding hydrogens is 360 g/mol. The molecular formula is C20H22N4O4. The Morgan fingerprint density at radius 2 is 1.61 bits per heavy atom. The normalized spacial score (nSPS) is 18.2. The van der Waals surface area contributed by atoms with Gasteiger partial charge in [-0.05, 0) is 31.2 Å². The van der Waals surface area contributed by atoms with Gasteiger partial charge in [0.1, 0.15) is 0 Å². The van der Waals surface area contributed by atoms with Crippen LogP contribution in [0.1, 0.15) is 40.5 Å². The van der Waals surface area contributed by atoms with E-state index in [1.54, 1.807) is 24.3 Å². The fraction of sp³-hybridized carbons (Fsp3) is 0.400. The molecule has 2 saturated heterocycles. The Labute approximate surface area is 162 Å². The Morgan fingerprint density at radius 3 is 2.18 bits per heavy atom. The Morgan fingerprint density at radius 1 is 1.00 bits per heavy atom. The summed E-state index contributed by atoms with van der Waals surface area (Å²) in [5, 5.41) is 2.78. The third-order valence-corrected chi connectivity index (χ3v) is 5.07. The fourth-order valence-corrected chi connectivity index (χ4v) is 3.43. The molecule has 0 atom stereocenters. The summed E-state index contributed by atoms with van der Waals surface area (Å²) in [6.45, 7) is 4.29. The molecule has 1 aromatic carbocycles. The van der Waals surface area contributed by atoms with E-state index in [1.807, 2.05) is 0 Å². The summed E-state index contributed by atoms with van der Waals surface area (Å²) in [5.74, 6) is -0.159. The highest BCUT2D eigenvalue weighted by Gasteiger charge is 2.40. The van der Waals surface area contributed by atoms with Gasteiger partial charge in [-0.15, -0.1) is 0 Å². The Hall–Kier alpha value is -2.84. The number of hydrogen-bond acceptors (Lipinski definition) is 7. The van der Waals surface area contributed by atoms with Crippen LogP contribution in [0.15, 0.2) is 36.7 Å². The molecule has 0 unspecified atom stereocenters. The zero-order chi connectivity index (χ0) is 19.6. The van der Waals surface area contributed by atoms with Crippen LogP contribution in [0.5, 0.6) is 0 Å². The molecule has 8 heteroatoms. The van der Waals surface area contributed by atoms with E-state index in [0.29, 0.717) is 36.0 Å². The van der Waals surface area contributed by atoms with Crippen LogP contribution < -0.4 is 10.2 Å². The summed E-state index contributed by atoms with van der Waals surface area (Å²) in [5.41, 5.74) is 1.58. The van der Waals surface area contributed by atoms with E-state index in [1.165, 1.54) is 19.3 Å². The smallest absolute Gasteiger partial charge is 0.258 e. The highest BCUT2D eigenvalue weighted by Crippen LogP contribution is 2.32. The molecule has 1 aromatic heterocycles. The Bertz CT molecular complexity index is 851. The number of carbonyl (C=O) groups excluding carboxylic acids is 2. The molecule has 1 N–H and O–H groups in total. The molecule has 0 saturated carbocycles. The number of piperidine rings is 1. The number of nitrogens with one attached hydrogen (secondary N) is 1. The highest BCUT2D eigenvalue weighted by molar-refractivity contribution is 6.04. The summed E-state index contributed by atoms with van der Waals surface area (Å²) in [6.07, 6.45) is 4.59. The van der Waals surface area contributed by atoms with Crippen LogP contribution in [0.2, 0.25) is 0 Å². The van der Waals surface area contributed by atoms with Gasteiger partial charge < -0.3 is 19.7 Å². The number of rotatable bonds is 4. The van der Waals surface area contributed by atoms with E-state index in [9.17, 15) is 9.59 Å². The molecule has 2 fully saturated rings. The number of benzene rings is 1. The van der Waals surface area contributed by atoms with Gasteiger partial charge in [-0.3, -0.25) is 9.59 Å². The van der Waals surface area contributed by atoms with Crippen molar-refractivity contribution in [2.75, 3.05) is 36.5 Å². The third kappa shape index (κ3) is 3.88. The summed E-state index contributed by atoms with van der Waals surface area (Å²) in [4.78, 5) is 34.5. The quantitative estimate of drug-likeness (QED) is 0.811. The third-order valence-electron chi connectivity index (χ3n) is 5.07. The zero-order valence-corrected chi connectivity index (χ0v) is 15.7. The fourth-order valence-electron chi connectivity index (χ4n) is 3.43. The van der Waals surface area contributed by atoms with Gasteiger partial charge in [-0.1, -0.05) is 0 Å². The summed E-state index contributed by atoms with van der Waals surface area (Å²) in [7, 11) is 0. The molecule has 4 rings (SSSR count). The number of aromatic nitrogens is 2. The van der Waals surface area contributed by atoms with Crippen LogP contribution in [0.25, 0.3) is 0 Å². The minimum Gasteiger partial charge on any atom is -0.347 e. The van der Waals surface area contributed by atoms with Gasteiger partial charge in [0.05, 0.1) is 18.8 Å². The molecule has 0 bridgehead atoms. The average molecular weight is 382 g/mol. The lowest BCUT2D eigenvalue weighted by Crippen LogP contribution is -2.45. The molecule has 2 aliphatic heterocycles. The number of ketones is 1. The topological polar surface area (TPSA) is 93.7 Å². The van der Waals surface area contributed by atoms with Crippen LogP contribution in [0.4, 0.5) is 11.6 Å². The van der Waals surface area contributed by atoms with Gasteiger partial charge in [-0.2, -0.15) is 0 Å². The predicted octanol–water partition coefficient (Wildman–Crippen LogP) is 2.27. The molecule has 0 radical (unpaired) electrons. The van der Waals surface area contributed by atoms with Crippen molar-refractivity contribution in [2.45, 2.75) is 25.6 Å². The van der Waals surface area contributed by atoms with Crippen molar-refractivity contribution in [1.29, 1.82) is 0 Å². The largest absolute Gasteiger partial charge is 0.347 e. The van der Waals surface area contributed by atoms with Crippen LogP contribution >= 0.6 is 0 Å². The second-order valence-corrected chi connectivity index (χ2v) is 6.95. The van der Waals surface area contributed by atoms with E-state index in [-0.39, 0.29) is 11.7 Å². The van der Waals surface area contributed by atoms with Gasteiger partial charge in [0.15, 0.2) is 11.6 Å². The van der Waals surface area contributed by atoms with E-state index < -0.39 is 5.79 Å². The van der Waals surface area contributed by atoms with Gasteiger partial charge in [-0.25, -0.2) is 9.97 Å². The predicted molar refractivity (Wildman–Crippen MR) is 103 cm³/mol. The van der Waals surface area contributed by atoms with Gasteiger partial charge >= 0.3 is 0 Å². The first-order valence-corrected chi connectivity index (χ1v) is 9.32. The van der Waals surface area contributed by atoms with E-state index in [0.717, 1.165) is 25.9 Å². The lowest BCUT2D eigenvalue weighted by Gasteiger charge is -2.37. The maximum atomic E-state index is 12.4. The maximum absolute atomic E-state index is 12.4. The molecule has 8 nitrogen and oxygen atoms in total. The van der Waals surface area contributed by atoms with Crippen LogP contribution in [0, 0.1) is 0 Å². The molecule has 1 amide bonds. The second kappa shape index (κ2) is 7.65. The number of ether oxygens (including phenoxy) is 2. The molecule has 0 aliphatic carbocycles. The summed E-state index contributed by atoms with van der Waals surface area (Å²) >= 11 is 0. The van der Waals surface area contributed by atoms with Crippen LogP contribution in [-0.2, 0) is 9.47 Å². The van der Waals surface area contributed by atoms with E-state index in [4.69, 9.17) is 9.47 Å². The van der Waals surface area contributed by atoms with E-state index >= 15 is 0 Å². The van der Waals surface area contributed by atoms with Crippen molar-refractivity contribution in [3.05, 3.63) is 47.8 Å². The number of hydrogen-bond donors (Lipinski definition) is 1. The van der Waals surface area contributed by atoms with Crippen LogP contribution in [0.3, 0.4) is 0 Å². The first-order chi connectivity index (χ1) is 13.5. The molecule has 28 heavy (non-hydrogen) atoms. The molecule has 3 heterocycles. The van der Waals surface area contributed by atoms with Gasteiger partial charge in [0.25, 0.3) is 5.91 Å². The Balaban J connectivity index is 1.36.